The van der Waals surface area contributed by atoms with Crippen LogP contribution in [0, 0.1) is 6.92 Å². The van der Waals surface area contributed by atoms with E-state index in [-0.39, 0.29) is 12.1 Å². The summed E-state index contributed by atoms with van der Waals surface area (Å²) in [6, 6.07) is 0.435. The molecule has 1 atom stereocenters. The van der Waals surface area contributed by atoms with Gasteiger partial charge in [-0.15, -0.1) is 11.3 Å². The van der Waals surface area contributed by atoms with Crippen LogP contribution in [0.5, 0.6) is 0 Å². The van der Waals surface area contributed by atoms with Crippen molar-refractivity contribution in [3.63, 3.8) is 0 Å². The third-order valence-corrected chi connectivity index (χ3v) is 4.57. The van der Waals surface area contributed by atoms with Crippen LogP contribution in [0.15, 0.2) is 11.6 Å². The molecule has 0 aliphatic rings. The van der Waals surface area contributed by atoms with E-state index < -0.39 is 0 Å². The van der Waals surface area contributed by atoms with Crippen molar-refractivity contribution in [1.82, 2.24) is 20.1 Å². The molecule has 2 aromatic heterocycles. The third kappa shape index (κ3) is 4.05. The van der Waals surface area contributed by atoms with Crippen LogP contribution in [0.4, 0.5) is 0 Å². The van der Waals surface area contributed by atoms with Gasteiger partial charge in [0.05, 0.1) is 28.0 Å². The number of halogens is 1. The molecular weight excluding hydrogens is 304 g/mol. The minimum Gasteiger partial charge on any atom is -0.308 e. The van der Waals surface area contributed by atoms with Crippen molar-refractivity contribution in [3.05, 3.63) is 33.0 Å². The molecule has 2 rings (SSSR count). The van der Waals surface area contributed by atoms with Crippen LogP contribution >= 0.6 is 22.9 Å². The Bertz CT molecular complexity index is 576. The van der Waals surface area contributed by atoms with E-state index in [4.69, 9.17) is 11.6 Å². The van der Waals surface area contributed by atoms with Crippen molar-refractivity contribution < 1.29 is 0 Å². The van der Waals surface area contributed by atoms with Gasteiger partial charge in [0, 0.05) is 23.5 Å². The van der Waals surface area contributed by atoms with Gasteiger partial charge in [0.2, 0.25) is 0 Å². The molecule has 0 aliphatic heterocycles. The predicted molar refractivity (Wildman–Crippen MR) is 89.2 cm³/mol. The normalized spacial score (nSPS) is 13.0. The lowest BCUT2D eigenvalue weighted by atomic mass is 10.1. The molecule has 4 nitrogen and oxygen atoms in total. The van der Waals surface area contributed by atoms with Gasteiger partial charge in [-0.05, 0) is 33.7 Å². The summed E-state index contributed by atoms with van der Waals surface area (Å²) in [5.74, 6) is 0. The van der Waals surface area contributed by atoms with Gasteiger partial charge in [-0.1, -0.05) is 18.5 Å². The van der Waals surface area contributed by atoms with Crippen LogP contribution in [0.2, 0.25) is 5.02 Å². The first kappa shape index (κ1) is 16.5. The molecule has 0 radical (unpaired) electrons. The van der Waals surface area contributed by atoms with Gasteiger partial charge in [-0.25, -0.2) is 4.98 Å². The molecule has 1 N–H and O–H groups in total. The number of aryl methyl sites for hydroxylation is 1. The number of nitrogens with one attached hydrogen (secondary N) is 1. The number of thiazole rings is 1. The monoisotopic (exact) mass is 326 g/mol. The van der Waals surface area contributed by atoms with Crippen molar-refractivity contribution in [2.75, 3.05) is 6.54 Å². The van der Waals surface area contributed by atoms with E-state index >= 15 is 0 Å². The number of hydrogen-bond donors (Lipinski definition) is 1. The zero-order chi connectivity index (χ0) is 15.4. The number of rotatable bonds is 7. The SMILES string of the molecule is CCCNC(Cc1nc(C)cs1)c1c(Cl)cnn1C(C)C. The number of hydrogen-bond acceptors (Lipinski definition) is 4. The summed E-state index contributed by atoms with van der Waals surface area (Å²) in [5, 5.41) is 12.0. The molecule has 0 spiro atoms. The highest BCUT2D eigenvalue weighted by atomic mass is 35.5. The third-order valence-electron chi connectivity index (χ3n) is 3.29. The Kier molecular flexibility index (Phi) is 5.79. The molecular formula is C15H23ClN4S. The maximum atomic E-state index is 6.39. The van der Waals surface area contributed by atoms with Crippen LogP contribution in [0.25, 0.3) is 0 Å². The van der Waals surface area contributed by atoms with E-state index in [2.05, 4.69) is 41.6 Å². The Morgan fingerprint density at radius 1 is 1.43 bits per heavy atom. The molecule has 0 bridgehead atoms. The first-order valence-corrected chi connectivity index (χ1v) is 8.66. The lowest BCUT2D eigenvalue weighted by Crippen LogP contribution is -2.27. The van der Waals surface area contributed by atoms with Crippen LogP contribution in [0.1, 0.15) is 55.7 Å². The van der Waals surface area contributed by atoms with E-state index in [1.165, 1.54) is 0 Å². The fourth-order valence-electron chi connectivity index (χ4n) is 2.34. The maximum absolute atomic E-state index is 6.39. The highest BCUT2D eigenvalue weighted by molar-refractivity contribution is 7.09. The van der Waals surface area contributed by atoms with Gasteiger partial charge in [0.1, 0.15) is 0 Å². The topological polar surface area (TPSA) is 42.7 Å². The minimum absolute atomic E-state index is 0.146. The average molecular weight is 327 g/mol. The van der Waals surface area contributed by atoms with Crippen LogP contribution < -0.4 is 5.32 Å². The Morgan fingerprint density at radius 3 is 2.76 bits per heavy atom. The second-order valence-electron chi connectivity index (χ2n) is 5.51. The van der Waals surface area contributed by atoms with Crippen molar-refractivity contribution in [2.45, 2.75) is 52.6 Å². The summed E-state index contributed by atoms with van der Waals surface area (Å²) in [7, 11) is 0. The second-order valence-corrected chi connectivity index (χ2v) is 6.86. The summed E-state index contributed by atoms with van der Waals surface area (Å²) in [5.41, 5.74) is 2.14. The van der Waals surface area contributed by atoms with E-state index in [0.29, 0.717) is 0 Å². The van der Waals surface area contributed by atoms with E-state index in [0.717, 1.165) is 40.8 Å². The molecule has 6 heteroatoms. The van der Waals surface area contributed by atoms with E-state index in [1.54, 1.807) is 17.5 Å². The van der Waals surface area contributed by atoms with Gasteiger partial charge in [0.15, 0.2) is 0 Å². The molecule has 2 aromatic rings. The van der Waals surface area contributed by atoms with Crippen molar-refractivity contribution >= 4 is 22.9 Å². The smallest absolute Gasteiger partial charge is 0.0947 e. The van der Waals surface area contributed by atoms with Gasteiger partial charge in [-0.2, -0.15) is 5.10 Å². The van der Waals surface area contributed by atoms with Crippen LogP contribution in [-0.4, -0.2) is 21.3 Å². The summed E-state index contributed by atoms with van der Waals surface area (Å²) in [6.45, 7) is 9.39. The summed E-state index contributed by atoms with van der Waals surface area (Å²) in [4.78, 5) is 4.58. The average Bonchev–Trinajstić information content (AvgIpc) is 3.01. The number of nitrogens with zero attached hydrogens (tertiary/aromatic N) is 3. The Hall–Kier alpha value is -0.910. The molecule has 0 fully saturated rings. The standard InChI is InChI=1S/C15H23ClN4S/c1-5-6-17-13(7-14-19-11(4)9-21-14)15-12(16)8-18-20(15)10(2)3/h8-10,13,17H,5-7H2,1-4H3. The lowest BCUT2D eigenvalue weighted by molar-refractivity contribution is 0.441. The molecule has 0 saturated heterocycles. The quantitative estimate of drug-likeness (QED) is 0.830. The van der Waals surface area contributed by atoms with E-state index in [9.17, 15) is 0 Å². The zero-order valence-electron chi connectivity index (χ0n) is 13.1. The molecule has 116 valence electrons. The van der Waals surface area contributed by atoms with Crippen LogP contribution in [0.3, 0.4) is 0 Å². The molecule has 0 saturated carbocycles. The molecule has 1 unspecified atom stereocenters. The molecule has 0 aromatic carbocycles. The summed E-state index contributed by atoms with van der Waals surface area (Å²) in [6.07, 6.45) is 3.67. The number of aromatic nitrogens is 3. The predicted octanol–water partition coefficient (Wildman–Crippen LogP) is 4.17. The molecule has 2 heterocycles. The van der Waals surface area contributed by atoms with Gasteiger partial charge < -0.3 is 5.32 Å². The van der Waals surface area contributed by atoms with Gasteiger partial charge >= 0.3 is 0 Å². The van der Waals surface area contributed by atoms with Crippen LogP contribution in [-0.2, 0) is 6.42 Å². The molecule has 21 heavy (non-hydrogen) atoms. The first-order valence-electron chi connectivity index (χ1n) is 7.40. The van der Waals surface area contributed by atoms with Crippen molar-refractivity contribution in [3.8, 4) is 0 Å². The fourth-order valence-corrected chi connectivity index (χ4v) is 3.42. The van der Waals surface area contributed by atoms with Crippen molar-refractivity contribution in [1.29, 1.82) is 0 Å². The zero-order valence-corrected chi connectivity index (χ0v) is 14.6. The fraction of sp³-hybridized carbons (Fsp3) is 0.600. The second kappa shape index (κ2) is 7.38. The maximum Gasteiger partial charge on any atom is 0.0947 e. The highest BCUT2D eigenvalue weighted by Gasteiger charge is 2.22. The lowest BCUT2D eigenvalue weighted by Gasteiger charge is -2.21. The van der Waals surface area contributed by atoms with Gasteiger partial charge in [0.25, 0.3) is 0 Å². The molecule has 0 aliphatic carbocycles. The summed E-state index contributed by atoms with van der Waals surface area (Å²) < 4.78 is 2.01. The Morgan fingerprint density at radius 2 is 2.19 bits per heavy atom. The molecule has 0 amide bonds. The van der Waals surface area contributed by atoms with E-state index in [1.807, 2.05) is 11.6 Å². The van der Waals surface area contributed by atoms with Crippen molar-refractivity contribution in [2.24, 2.45) is 0 Å². The summed E-state index contributed by atoms with van der Waals surface area (Å²) >= 11 is 8.10. The largest absolute Gasteiger partial charge is 0.308 e. The minimum atomic E-state index is 0.146. The Balaban J connectivity index is 2.29. The first-order chi connectivity index (χ1) is 10.0. The Labute approximate surface area is 135 Å². The van der Waals surface area contributed by atoms with Gasteiger partial charge in [-0.3, -0.25) is 4.68 Å². The highest BCUT2D eigenvalue weighted by Crippen LogP contribution is 2.28.